The molecule has 0 spiro atoms. The van der Waals surface area contributed by atoms with Gasteiger partial charge in [-0.1, -0.05) is 6.07 Å². The molecule has 9 nitrogen and oxygen atoms in total. The molecule has 0 saturated carbocycles. The molecule has 110 valence electrons. The standard InChI is InChI=1S/C12H12N4O5/c17-8-2-1-6(4-9(8)18)3-7(12(20)21)15-11(19)10-13-5-14-16-10/h1-2,4-5,7,17-18H,3H2,(H,15,19)(H,20,21)(H,13,14,16)/t7-/m0/s1. The molecule has 2 aromatic rings. The second kappa shape index (κ2) is 5.90. The summed E-state index contributed by atoms with van der Waals surface area (Å²) in [4.78, 5) is 26.5. The Hall–Kier alpha value is -3.10. The van der Waals surface area contributed by atoms with Crippen LogP contribution in [0.15, 0.2) is 24.5 Å². The van der Waals surface area contributed by atoms with Crippen LogP contribution in [0.5, 0.6) is 11.5 Å². The third-order valence-electron chi connectivity index (χ3n) is 2.71. The van der Waals surface area contributed by atoms with Crippen LogP contribution >= 0.6 is 0 Å². The molecule has 1 heterocycles. The highest BCUT2D eigenvalue weighted by atomic mass is 16.4. The number of carboxylic acids is 1. The number of carbonyl (C=O) groups is 2. The number of hydrogen-bond acceptors (Lipinski definition) is 6. The topological polar surface area (TPSA) is 148 Å². The lowest BCUT2D eigenvalue weighted by Gasteiger charge is -2.14. The molecule has 1 aromatic heterocycles. The van der Waals surface area contributed by atoms with Crippen molar-refractivity contribution < 1.29 is 24.9 Å². The Labute approximate surface area is 118 Å². The molecule has 9 heteroatoms. The summed E-state index contributed by atoms with van der Waals surface area (Å²) in [5.41, 5.74) is 0.440. The number of aliphatic carboxylic acids is 1. The maximum atomic E-state index is 11.7. The van der Waals surface area contributed by atoms with Gasteiger partial charge in [-0.15, -0.1) is 0 Å². The van der Waals surface area contributed by atoms with Gasteiger partial charge in [0.2, 0.25) is 5.82 Å². The lowest BCUT2D eigenvalue weighted by molar-refractivity contribution is -0.139. The van der Waals surface area contributed by atoms with E-state index in [0.29, 0.717) is 5.56 Å². The number of carboxylic acid groups (broad SMARTS) is 1. The van der Waals surface area contributed by atoms with Gasteiger partial charge in [-0.2, -0.15) is 5.10 Å². The molecule has 0 aliphatic rings. The van der Waals surface area contributed by atoms with E-state index in [0.717, 1.165) is 6.33 Å². The molecule has 0 bridgehead atoms. The van der Waals surface area contributed by atoms with Gasteiger partial charge in [-0.25, -0.2) is 9.78 Å². The number of benzene rings is 1. The fourth-order valence-electron chi connectivity index (χ4n) is 1.67. The molecule has 0 unspecified atom stereocenters. The van der Waals surface area contributed by atoms with Crippen LogP contribution in [0, 0.1) is 0 Å². The molecule has 1 amide bonds. The zero-order valence-corrected chi connectivity index (χ0v) is 10.6. The van der Waals surface area contributed by atoms with E-state index in [1.165, 1.54) is 18.2 Å². The predicted octanol–water partition coefficient (Wildman–Crippen LogP) is -0.358. The Kier molecular flexibility index (Phi) is 4.02. The lowest BCUT2D eigenvalue weighted by atomic mass is 10.1. The third-order valence-corrected chi connectivity index (χ3v) is 2.71. The number of H-pyrrole nitrogens is 1. The van der Waals surface area contributed by atoms with Gasteiger partial charge in [-0.05, 0) is 17.7 Å². The normalized spacial score (nSPS) is 11.8. The Morgan fingerprint density at radius 3 is 2.62 bits per heavy atom. The molecular weight excluding hydrogens is 280 g/mol. The van der Waals surface area contributed by atoms with Gasteiger partial charge in [0.15, 0.2) is 11.5 Å². The number of nitrogens with zero attached hydrogens (tertiary/aromatic N) is 2. The fraction of sp³-hybridized carbons (Fsp3) is 0.167. The van der Waals surface area contributed by atoms with E-state index in [2.05, 4.69) is 20.5 Å². The summed E-state index contributed by atoms with van der Waals surface area (Å²) in [5, 5.41) is 35.8. The Morgan fingerprint density at radius 2 is 2.05 bits per heavy atom. The van der Waals surface area contributed by atoms with Gasteiger partial charge < -0.3 is 20.6 Å². The zero-order valence-electron chi connectivity index (χ0n) is 10.6. The first kappa shape index (κ1) is 14.3. The van der Waals surface area contributed by atoms with E-state index < -0.39 is 17.9 Å². The van der Waals surface area contributed by atoms with E-state index >= 15 is 0 Å². The summed E-state index contributed by atoms with van der Waals surface area (Å²) in [6, 6.07) is 2.70. The van der Waals surface area contributed by atoms with Crippen LogP contribution in [-0.2, 0) is 11.2 Å². The number of phenols is 2. The number of aromatic nitrogens is 3. The maximum Gasteiger partial charge on any atom is 0.326 e. The molecule has 1 aromatic carbocycles. The second-order valence-electron chi connectivity index (χ2n) is 4.23. The van der Waals surface area contributed by atoms with Crippen molar-refractivity contribution in [2.75, 3.05) is 0 Å². The first-order chi connectivity index (χ1) is 9.97. The van der Waals surface area contributed by atoms with Crippen molar-refractivity contribution in [1.82, 2.24) is 20.5 Å². The minimum atomic E-state index is -1.24. The van der Waals surface area contributed by atoms with Crippen LogP contribution in [0.1, 0.15) is 16.2 Å². The van der Waals surface area contributed by atoms with Crippen molar-refractivity contribution in [3.63, 3.8) is 0 Å². The van der Waals surface area contributed by atoms with Crippen molar-refractivity contribution in [2.45, 2.75) is 12.5 Å². The minimum Gasteiger partial charge on any atom is -0.504 e. The van der Waals surface area contributed by atoms with Crippen molar-refractivity contribution in [1.29, 1.82) is 0 Å². The van der Waals surface area contributed by atoms with Crippen molar-refractivity contribution in [3.05, 3.63) is 35.9 Å². The fourth-order valence-corrected chi connectivity index (χ4v) is 1.67. The first-order valence-electron chi connectivity index (χ1n) is 5.87. The van der Waals surface area contributed by atoms with Gasteiger partial charge >= 0.3 is 5.97 Å². The highest BCUT2D eigenvalue weighted by Gasteiger charge is 2.22. The van der Waals surface area contributed by atoms with Crippen molar-refractivity contribution in [3.8, 4) is 11.5 Å². The van der Waals surface area contributed by atoms with E-state index in [-0.39, 0.29) is 23.7 Å². The summed E-state index contributed by atoms with van der Waals surface area (Å²) in [6.45, 7) is 0. The number of nitrogens with one attached hydrogen (secondary N) is 2. The quantitative estimate of drug-likeness (QED) is 0.472. The molecule has 1 atom stereocenters. The first-order valence-corrected chi connectivity index (χ1v) is 5.87. The van der Waals surface area contributed by atoms with Crippen molar-refractivity contribution in [2.24, 2.45) is 0 Å². The van der Waals surface area contributed by atoms with Gasteiger partial charge in [0.05, 0.1) is 0 Å². The SMILES string of the molecule is O=C(N[C@@H](Cc1ccc(O)c(O)c1)C(=O)O)c1ncn[nH]1. The molecule has 2 rings (SSSR count). The molecular formula is C12H12N4O5. The molecule has 0 aliphatic carbocycles. The van der Waals surface area contributed by atoms with Crippen LogP contribution in [0.4, 0.5) is 0 Å². The minimum absolute atomic E-state index is 0.0664. The predicted molar refractivity (Wildman–Crippen MR) is 68.7 cm³/mol. The molecule has 0 radical (unpaired) electrons. The van der Waals surface area contributed by atoms with Gasteiger partial charge in [0, 0.05) is 6.42 Å². The summed E-state index contributed by atoms with van der Waals surface area (Å²) < 4.78 is 0. The highest BCUT2D eigenvalue weighted by Crippen LogP contribution is 2.25. The molecule has 0 saturated heterocycles. The second-order valence-corrected chi connectivity index (χ2v) is 4.23. The summed E-state index contributed by atoms with van der Waals surface area (Å²) >= 11 is 0. The van der Waals surface area contributed by atoms with E-state index in [1.807, 2.05) is 0 Å². The molecule has 0 fully saturated rings. The third kappa shape index (κ3) is 3.47. The summed E-state index contributed by atoms with van der Waals surface area (Å²) in [6.07, 6.45) is 1.06. The van der Waals surface area contributed by atoms with Gasteiger partial charge in [-0.3, -0.25) is 9.89 Å². The van der Waals surface area contributed by atoms with E-state index in [1.54, 1.807) is 0 Å². The van der Waals surface area contributed by atoms with Crippen LogP contribution in [0.2, 0.25) is 0 Å². The van der Waals surface area contributed by atoms with Crippen LogP contribution in [0.25, 0.3) is 0 Å². The van der Waals surface area contributed by atoms with Crippen molar-refractivity contribution >= 4 is 11.9 Å². The Bertz CT molecular complexity index is 656. The monoisotopic (exact) mass is 292 g/mol. The lowest BCUT2D eigenvalue weighted by Crippen LogP contribution is -2.42. The molecule has 5 N–H and O–H groups in total. The largest absolute Gasteiger partial charge is 0.504 e. The Morgan fingerprint density at radius 1 is 1.29 bits per heavy atom. The average Bonchev–Trinajstić information content (AvgIpc) is 2.96. The van der Waals surface area contributed by atoms with Crippen LogP contribution in [0.3, 0.4) is 0 Å². The van der Waals surface area contributed by atoms with Gasteiger partial charge in [0.1, 0.15) is 12.4 Å². The van der Waals surface area contributed by atoms with Crippen LogP contribution in [-0.4, -0.2) is 48.4 Å². The van der Waals surface area contributed by atoms with Crippen LogP contribution < -0.4 is 5.32 Å². The average molecular weight is 292 g/mol. The zero-order chi connectivity index (χ0) is 15.4. The smallest absolute Gasteiger partial charge is 0.326 e. The number of hydrogen-bond donors (Lipinski definition) is 5. The van der Waals surface area contributed by atoms with Gasteiger partial charge in [0.25, 0.3) is 5.91 Å². The number of amides is 1. The number of rotatable bonds is 5. The number of aromatic amines is 1. The number of aromatic hydroxyl groups is 2. The maximum absolute atomic E-state index is 11.7. The highest BCUT2D eigenvalue weighted by molar-refractivity contribution is 5.93. The Balaban J connectivity index is 2.10. The van der Waals surface area contributed by atoms with E-state index in [9.17, 15) is 19.8 Å². The number of carbonyl (C=O) groups excluding carboxylic acids is 1. The summed E-state index contributed by atoms with van der Waals surface area (Å²) in [5.74, 6) is -2.72. The molecule has 21 heavy (non-hydrogen) atoms. The number of phenolic OH excluding ortho intramolecular Hbond substituents is 2. The molecule has 0 aliphatic heterocycles. The van der Waals surface area contributed by atoms with E-state index in [4.69, 9.17) is 5.11 Å². The summed E-state index contributed by atoms with van der Waals surface area (Å²) in [7, 11) is 0.